The van der Waals surface area contributed by atoms with Gasteiger partial charge >= 0.3 is 0 Å². The minimum atomic E-state index is -3.90. The summed E-state index contributed by atoms with van der Waals surface area (Å²) in [5, 5.41) is 17.1. The maximum absolute atomic E-state index is 12.4. The van der Waals surface area contributed by atoms with Gasteiger partial charge in [0, 0.05) is 5.92 Å². The molecule has 0 bridgehead atoms. The number of nitrogens with zero attached hydrogens (tertiary/aromatic N) is 2. The van der Waals surface area contributed by atoms with Crippen molar-refractivity contribution >= 4 is 9.84 Å². The Morgan fingerprint density at radius 2 is 1.86 bits per heavy atom. The van der Waals surface area contributed by atoms with E-state index in [9.17, 15) is 13.7 Å². The van der Waals surface area contributed by atoms with Gasteiger partial charge in [0.05, 0.1) is 13.2 Å². The zero-order valence-electron chi connectivity index (χ0n) is 11.7. The van der Waals surface area contributed by atoms with Gasteiger partial charge < -0.3 is 4.74 Å². The van der Waals surface area contributed by atoms with E-state index in [1.165, 1.54) is 0 Å². The molecule has 0 saturated heterocycles. The number of methoxy groups -OCH3 is 1. The third-order valence-electron chi connectivity index (χ3n) is 3.67. The summed E-state index contributed by atoms with van der Waals surface area (Å²) < 4.78 is 29.8. The van der Waals surface area contributed by atoms with Gasteiger partial charge in [-0.1, -0.05) is 12.1 Å². The highest BCUT2D eigenvalue weighted by atomic mass is 32.2. The molecule has 5 nitrogen and oxygen atoms in total. The average Bonchev–Trinajstić information content (AvgIpc) is 2.46. The molecule has 0 aromatic heterocycles. The fraction of sp³-hybridized carbons (Fsp3) is 0.333. The summed E-state index contributed by atoms with van der Waals surface area (Å²) in [6, 6.07) is 10.5. The topological polar surface area (TPSA) is 90.9 Å². The maximum Gasteiger partial charge on any atom is 0.205 e. The molecule has 1 aliphatic heterocycles. The second-order valence-electron chi connectivity index (χ2n) is 4.90. The van der Waals surface area contributed by atoms with Crippen molar-refractivity contribution in [3.8, 4) is 17.9 Å². The van der Waals surface area contributed by atoms with E-state index in [0.717, 1.165) is 5.56 Å². The van der Waals surface area contributed by atoms with Crippen LogP contribution in [0, 0.1) is 22.7 Å². The van der Waals surface area contributed by atoms with Crippen molar-refractivity contribution < 1.29 is 13.2 Å². The lowest BCUT2D eigenvalue weighted by atomic mass is 9.89. The SMILES string of the molecule is COc1ccc([C@@H]2CC(C)=C(C#N)S(=O)(=O)[C@@H]2C#N)cc1. The number of rotatable bonds is 2. The fourth-order valence-electron chi connectivity index (χ4n) is 2.58. The molecule has 2 atom stereocenters. The van der Waals surface area contributed by atoms with Crippen molar-refractivity contribution in [2.24, 2.45) is 0 Å². The minimum Gasteiger partial charge on any atom is -0.497 e. The van der Waals surface area contributed by atoms with E-state index in [2.05, 4.69) is 0 Å². The standard InChI is InChI=1S/C15H14N2O3S/c1-10-7-13(11-3-5-12(20-2)6-4-11)15(9-17)21(18,19)14(10)8-16/h3-6,13,15H,7H2,1-2H3/t13-,15+/m0/s1. The minimum absolute atomic E-state index is 0.265. The van der Waals surface area contributed by atoms with Crippen LogP contribution < -0.4 is 4.74 Å². The molecule has 0 amide bonds. The predicted molar refractivity (Wildman–Crippen MR) is 77.0 cm³/mol. The molecule has 0 N–H and O–H groups in total. The van der Waals surface area contributed by atoms with Crippen molar-refractivity contribution in [3.05, 3.63) is 40.3 Å². The molecule has 0 radical (unpaired) electrons. The lowest BCUT2D eigenvalue weighted by molar-refractivity contribution is 0.414. The van der Waals surface area contributed by atoms with Crippen LogP contribution in [0.5, 0.6) is 5.75 Å². The summed E-state index contributed by atoms with van der Waals surface area (Å²) in [5.74, 6) is 0.193. The monoisotopic (exact) mass is 302 g/mol. The smallest absolute Gasteiger partial charge is 0.205 e. The van der Waals surface area contributed by atoms with Gasteiger partial charge in [0.1, 0.15) is 16.7 Å². The Morgan fingerprint density at radius 3 is 2.33 bits per heavy atom. The van der Waals surface area contributed by atoms with E-state index in [1.54, 1.807) is 44.4 Å². The van der Waals surface area contributed by atoms with Crippen LogP contribution in [-0.4, -0.2) is 20.8 Å². The maximum atomic E-state index is 12.4. The second kappa shape index (κ2) is 5.59. The third-order valence-corrected chi connectivity index (χ3v) is 5.78. The van der Waals surface area contributed by atoms with E-state index < -0.39 is 21.0 Å². The largest absolute Gasteiger partial charge is 0.497 e. The van der Waals surface area contributed by atoms with Crippen molar-refractivity contribution in [2.45, 2.75) is 24.5 Å². The summed E-state index contributed by atoms with van der Waals surface area (Å²) in [5.41, 5.74) is 1.26. The summed E-state index contributed by atoms with van der Waals surface area (Å²) in [6.07, 6.45) is 0.382. The second-order valence-corrected chi connectivity index (χ2v) is 6.91. The first-order valence-electron chi connectivity index (χ1n) is 6.33. The number of allylic oxidation sites excluding steroid dienone is 2. The molecule has 1 aliphatic rings. The zero-order valence-corrected chi connectivity index (χ0v) is 12.5. The van der Waals surface area contributed by atoms with Crippen LogP contribution >= 0.6 is 0 Å². The Hall–Kier alpha value is -2.31. The molecule has 1 heterocycles. The Balaban J connectivity index is 2.53. The van der Waals surface area contributed by atoms with E-state index in [1.807, 2.05) is 6.07 Å². The number of hydrogen-bond acceptors (Lipinski definition) is 5. The average molecular weight is 302 g/mol. The van der Waals surface area contributed by atoms with Crippen LogP contribution in [0.4, 0.5) is 0 Å². The number of sulfone groups is 1. The quantitative estimate of drug-likeness (QED) is 0.836. The molecule has 21 heavy (non-hydrogen) atoms. The van der Waals surface area contributed by atoms with E-state index in [4.69, 9.17) is 10.00 Å². The van der Waals surface area contributed by atoms with Crippen molar-refractivity contribution in [3.63, 3.8) is 0 Å². The van der Waals surface area contributed by atoms with Crippen molar-refractivity contribution in [2.75, 3.05) is 7.11 Å². The molecular weight excluding hydrogens is 288 g/mol. The number of hydrogen-bond donors (Lipinski definition) is 0. The van der Waals surface area contributed by atoms with Gasteiger partial charge in [-0.05, 0) is 36.6 Å². The van der Waals surface area contributed by atoms with E-state index >= 15 is 0 Å². The molecule has 2 rings (SSSR count). The fourth-order valence-corrected chi connectivity index (χ4v) is 4.35. The lowest BCUT2D eigenvalue weighted by Crippen LogP contribution is -2.32. The molecule has 1 aromatic rings. The normalized spacial score (nSPS) is 24.0. The van der Waals surface area contributed by atoms with E-state index in [0.29, 0.717) is 17.7 Å². The van der Waals surface area contributed by atoms with Crippen molar-refractivity contribution in [1.82, 2.24) is 0 Å². The molecule has 108 valence electrons. The Bertz CT molecular complexity index is 765. The van der Waals surface area contributed by atoms with Crippen LogP contribution in [0.2, 0.25) is 0 Å². The van der Waals surface area contributed by atoms with Gasteiger partial charge in [0.25, 0.3) is 0 Å². The van der Waals surface area contributed by atoms with Crippen LogP contribution in [0.1, 0.15) is 24.8 Å². The molecule has 6 heteroatoms. The van der Waals surface area contributed by atoms with Crippen LogP contribution in [0.3, 0.4) is 0 Å². The first-order chi connectivity index (χ1) is 9.95. The number of nitriles is 2. The molecule has 0 aliphatic carbocycles. The first-order valence-corrected chi connectivity index (χ1v) is 7.87. The Kier molecular flexibility index (Phi) is 4.02. The van der Waals surface area contributed by atoms with Gasteiger partial charge in [-0.2, -0.15) is 10.5 Å². The number of benzene rings is 1. The van der Waals surface area contributed by atoms with Gasteiger partial charge in [-0.25, -0.2) is 8.42 Å². The van der Waals surface area contributed by atoms with Gasteiger partial charge in [0.15, 0.2) is 5.25 Å². The summed E-state index contributed by atoms with van der Waals surface area (Å²) in [7, 11) is -2.35. The van der Waals surface area contributed by atoms with Crippen LogP contribution in [-0.2, 0) is 9.84 Å². The van der Waals surface area contributed by atoms with Gasteiger partial charge in [-0.3, -0.25) is 0 Å². The highest BCUT2D eigenvalue weighted by Gasteiger charge is 2.42. The molecule has 1 aromatic carbocycles. The van der Waals surface area contributed by atoms with Crippen molar-refractivity contribution in [1.29, 1.82) is 10.5 Å². The molecular formula is C15H14N2O3S. The van der Waals surface area contributed by atoms with Gasteiger partial charge in [-0.15, -0.1) is 0 Å². The highest BCUT2D eigenvalue weighted by Crippen LogP contribution is 2.39. The van der Waals surface area contributed by atoms with E-state index in [-0.39, 0.29) is 4.91 Å². The van der Waals surface area contributed by atoms with Crippen LogP contribution in [0.25, 0.3) is 0 Å². The molecule has 0 unspecified atom stereocenters. The number of ether oxygens (including phenoxy) is 1. The molecule has 0 spiro atoms. The highest BCUT2D eigenvalue weighted by molar-refractivity contribution is 7.96. The summed E-state index contributed by atoms with van der Waals surface area (Å²) >= 11 is 0. The summed E-state index contributed by atoms with van der Waals surface area (Å²) in [6.45, 7) is 1.63. The Morgan fingerprint density at radius 1 is 1.24 bits per heavy atom. The zero-order chi connectivity index (χ0) is 15.6. The van der Waals surface area contributed by atoms with Crippen LogP contribution in [0.15, 0.2) is 34.7 Å². The first kappa shape index (κ1) is 15.1. The third kappa shape index (κ3) is 2.51. The molecule has 0 fully saturated rings. The predicted octanol–water partition coefficient (Wildman–Crippen LogP) is 2.29. The lowest BCUT2D eigenvalue weighted by Gasteiger charge is -2.27. The summed E-state index contributed by atoms with van der Waals surface area (Å²) in [4.78, 5) is -0.265. The molecule has 0 saturated carbocycles. The Labute approximate surface area is 124 Å². The van der Waals surface area contributed by atoms with Gasteiger partial charge in [0.2, 0.25) is 9.84 Å².